The van der Waals surface area contributed by atoms with Crippen molar-refractivity contribution in [2.24, 2.45) is 0 Å². The maximum atomic E-state index is 11.7. The molecule has 3 N–H and O–H groups in total. The third kappa shape index (κ3) is 2.89. The van der Waals surface area contributed by atoms with Crippen LogP contribution >= 0.6 is 11.6 Å². The van der Waals surface area contributed by atoms with Crippen LogP contribution in [0, 0.1) is 0 Å². The second kappa shape index (κ2) is 5.37. The van der Waals surface area contributed by atoms with Crippen molar-refractivity contribution in [2.45, 2.75) is 0 Å². The van der Waals surface area contributed by atoms with Crippen LogP contribution in [-0.4, -0.2) is 16.8 Å². The Balaban J connectivity index is 1.92. The number of H-pyrrole nitrogens is 1. The zero-order chi connectivity index (χ0) is 13.0. The third-order valence-corrected chi connectivity index (χ3v) is 2.49. The number of hydrogen-bond donors (Lipinski definition) is 3. The molecule has 0 bridgehead atoms. The van der Waals surface area contributed by atoms with Gasteiger partial charge in [-0.3, -0.25) is 20.4 Å². The van der Waals surface area contributed by atoms with Crippen LogP contribution in [0.3, 0.4) is 0 Å². The van der Waals surface area contributed by atoms with Crippen LogP contribution in [0.1, 0.15) is 20.8 Å². The first-order chi connectivity index (χ1) is 8.66. The van der Waals surface area contributed by atoms with E-state index in [1.165, 1.54) is 0 Å². The lowest BCUT2D eigenvalue weighted by atomic mass is 10.2. The molecule has 1 heterocycles. The van der Waals surface area contributed by atoms with Gasteiger partial charge in [-0.05, 0) is 36.4 Å². The molecular formula is C12H10ClN3O2. The van der Waals surface area contributed by atoms with Crippen molar-refractivity contribution in [3.05, 3.63) is 58.9 Å². The molecule has 92 valence electrons. The topological polar surface area (TPSA) is 74.0 Å². The number of aromatic nitrogens is 1. The lowest BCUT2D eigenvalue weighted by molar-refractivity contribution is 0.0844. The molecule has 1 aromatic carbocycles. The number of hydrogen-bond acceptors (Lipinski definition) is 2. The number of carbonyl (C=O) groups is 2. The first-order valence-electron chi connectivity index (χ1n) is 5.16. The quantitative estimate of drug-likeness (QED) is 0.722. The molecule has 0 aliphatic rings. The molecule has 0 fully saturated rings. The van der Waals surface area contributed by atoms with E-state index in [-0.39, 0.29) is 0 Å². The minimum atomic E-state index is -0.415. The summed E-state index contributed by atoms with van der Waals surface area (Å²) in [7, 11) is 0. The Morgan fingerprint density at radius 2 is 1.67 bits per heavy atom. The van der Waals surface area contributed by atoms with Crippen molar-refractivity contribution in [3.8, 4) is 0 Å². The summed E-state index contributed by atoms with van der Waals surface area (Å²) in [5.74, 6) is -0.825. The van der Waals surface area contributed by atoms with Gasteiger partial charge in [-0.15, -0.1) is 0 Å². The van der Waals surface area contributed by atoms with E-state index in [0.29, 0.717) is 16.3 Å². The predicted octanol–water partition coefficient (Wildman–Crippen LogP) is 1.74. The molecule has 1 aromatic heterocycles. The summed E-state index contributed by atoms with van der Waals surface area (Å²) in [5, 5.41) is 0.543. The molecule has 0 unspecified atom stereocenters. The van der Waals surface area contributed by atoms with Crippen LogP contribution in [0.25, 0.3) is 0 Å². The van der Waals surface area contributed by atoms with Gasteiger partial charge >= 0.3 is 0 Å². The van der Waals surface area contributed by atoms with Gasteiger partial charge in [0.1, 0.15) is 5.69 Å². The highest BCUT2D eigenvalue weighted by atomic mass is 35.5. The fourth-order valence-electron chi connectivity index (χ4n) is 1.33. The van der Waals surface area contributed by atoms with E-state index in [1.807, 2.05) is 0 Å². The Labute approximate surface area is 108 Å². The number of carbonyl (C=O) groups excluding carboxylic acids is 2. The van der Waals surface area contributed by atoms with Crippen LogP contribution in [0.5, 0.6) is 0 Å². The van der Waals surface area contributed by atoms with Crippen molar-refractivity contribution in [1.82, 2.24) is 15.8 Å². The Bertz CT molecular complexity index is 549. The van der Waals surface area contributed by atoms with E-state index in [4.69, 9.17) is 11.6 Å². The summed E-state index contributed by atoms with van der Waals surface area (Å²) in [6, 6.07) is 9.63. The molecule has 0 spiro atoms. The minimum Gasteiger partial charge on any atom is -0.357 e. The fourth-order valence-corrected chi connectivity index (χ4v) is 1.45. The number of amides is 2. The normalized spacial score (nSPS) is 9.83. The molecule has 0 aliphatic carbocycles. The minimum absolute atomic E-state index is 0.367. The van der Waals surface area contributed by atoms with E-state index >= 15 is 0 Å². The number of nitrogens with one attached hydrogen (secondary N) is 3. The molecular weight excluding hydrogens is 254 g/mol. The molecule has 18 heavy (non-hydrogen) atoms. The second-order valence-corrected chi connectivity index (χ2v) is 3.94. The lowest BCUT2D eigenvalue weighted by Gasteiger charge is -2.06. The number of benzene rings is 1. The highest BCUT2D eigenvalue weighted by Crippen LogP contribution is 2.08. The molecule has 0 atom stereocenters. The van der Waals surface area contributed by atoms with Gasteiger partial charge in [-0.1, -0.05) is 11.6 Å². The standard InChI is InChI=1S/C12H10ClN3O2/c13-9-5-3-8(4-6-9)11(17)15-16-12(18)10-2-1-7-14-10/h1-7,14H,(H,15,17)(H,16,18). The van der Waals surface area contributed by atoms with E-state index in [2.05, 4.69) is 15.8 Å². The molecule has 6 heteroatoms. The van der Waals surface area contributed by atoms with Crippen LogP contribution in [0.15, 0.2) is 42.6 Å². The molecule has 5 nitrogen and oxygen atoms in total. The van der Waals surface area contributed by atoms with Gasteiger partial charge in [0.25, 0.3) is 11.8 Å². The average molecular weight is 264 g/mol. The van der Waals surface area contributed by atoms with Gasteiger partial charge in [0.05, 0.1) is 0 Å². The number of hydrazine groups is 1. The summed E-state index contributed by atoms with van der Waals surface area (Å²) >= 11 is 5.71. The Morgan fingerprint density at radius 3 is 2.28 bits per heavy atom. The first-order valence-corrected chi connectivity index (χ1v) is 5.54. The van der Waals surface area contributed by atoms with E-state index in [0.717, 1.165) is 0 Å². The zero-order valence-electron chi connectivity index (χ0n) is 9.24. The highest BCUT2D eigenvalue weighted by molar-refractivity contribution is 6.30. The van der Waals surface area contributed by atoms with Crippen molar-refractivity contribution in [2.75, 3.05) is 0 Å². The SMILES string of the molecule is O=C(NNC(=O)c1ccc[nH]1)c1ccc(Cl)cc1. The molecule has 0 saturated heterocycles. The number of aromatic amines is 1. The van der Waals surface area contributed by atoms with Gasteiger partial charge in [-0.25, -0.2) is 0 Å². The summed E-state index contributed by atoms with van der Waals surface area (Å²) in [5.41, 5.74) is 5.38. The maximum Gasteiger partial charge on any atom is 0.286 e. The van der Waals surface area contributed by atoms with Gasteiger partial charge in [0.15, 0.2) is 0 Å². The third-order valence-electron chi connectivity index (χ3n) is 2.24. The summed E-state index contributed by atoms with van der Waals surface area (Å²) in [6.45, 7) is 0. The largest absolute Gasteiger partial charge is 0.357 e. The molecule has 0 radical (unpaired) electrons. The molecule has 2 amide bonds. The molecule has 0 saturated carbocycles. The van der Waals surface area contributed by atoms with Crippen molar-refractivity contribution in [3.63, 3.8) is 0 Å². The predicted molar refractivity (Wildman–Crippen MR) is 67.2 cm³/mol. The van der Waals surface area contributed by atoms with Crippen LogP contribution in [0.4, 0.5) is 0 Å². The second-order valence-electron chi connectivity index (χ2n) is 3.50. The molecule has 0 aliphatic heterocycles. The van der Waals surface area contributed by atoms with Crippen LogP contribution in [-0.2, 0) is 0 Å². The first kappa shape index (κ1) is 12.2. The Kier molecular flexibility index (Phi) is 3.64. The zero-order valence-corrected chi connectivity index (χ0v) is 9.99. The highest BCUT2D eigenvalue weighted by Gasteiger charge is 2.08. The summed E-state index contributed by atoms with van der Waals surface area (Å²) in [6.07, 6.45) is 1.62. The average Bonchev–Trinajstić information content (AvgIpc) is 2.90. The van der Waals surface area contributed by atoms with Gasteiger partial charge in [0.2, 0.25) is 0 Å². The molecule has 2 rings (SSSR count). The van der Waals surface area contributed by atoms with E-state index in [1.54, 1.807) is 42.6 Å². The Hall–Kier alpha value is -2.27. The summed E-state index contributed by atoms with van der Waals surface area (Å²) in [4.78, 5) is 25.9. The van der Waals surface area contributed by atoms with Gasteiger partial charge < -0.3 is 4.98 Å². The lowest BCUT2D eigenvalue weighted by Crippen LogP contribution is -2.41. The summed E-state index contributed by atoms with van der Waals surface area (Å²) < 4.78 is 0. The van der Waals surface area contributed by atoms with E-state index in [9.17, 15) is 9.59 Å². The van der Waals surface area contributed by atoms with Crippen molar-refractivity contribution < 1.29 is 9.59 Å². The van der Waals surface area contributed by atoms with Crippen molar-refractivity contribution in [1.29, 1.82) is 0 Å². The maximum absolute atomic E-state index is 11.7. The smallest absolute Gasteiger partial charge is 0.286 e. The van der Waals surface area contributed by atoms with E-state index < -0.39 is 11.8 Å². The van der Waals surface area contributed by atoms with Gasteiger partial charge in [-0.2, -0.15) is 0 Å². The molecule has 2 aromatic rings. The van der Waals surface area contributed by atoms with Gasteiger partial charge in [0, 0.05) is 16.8 Å². The number of halogens is 1. The fraction of sp³-hybridized carbons (Fsp3) is 0. The van der Waals surface area contributed by atoms with Crippen molar-refractivity contribution >= 4 is 23.4 Å². The Morgan fingerprint density at radius 1 is 1.00 bits per heavy atom. The number of rotatable bonds is 2. The van der Waals surface area contributed by atoms with Crippen LogP contribution < -0.4 is 10.9 Å². The van der Waals surface area contributed by atoms with Crippen LogP contribution in [0.2, 0.25) is 5.02 Å². The monoisotopic (exact) mass is 263 g/mol.